The molecule has 0 spiro atoms. The summed E-state index contributed by atoms with van der Waals surface area (Å²) in [5, 5.41) is 2.97. The molecule has 0 bridgehead atoms. The molecule has 8 nitrogen and oxygen atoms in total. The lowest BCUT2D eigenvalue weighted by Crippen LogP contribution is -2.55. The molecule has 0 aliphatic carbocycles. The zero-order valence-corrected chi connectivity index (χ0v) is 26.4. The predicted molar refractivity (Wildman–Crippen MR) is 166 cm³/mol. The summed E-state index contributed by atoms with van der Waals surface area (Å²) < 4.78 is 35.1. The topological polar surface area (TPSA) is 96.0 Å². The molecule has 2 amide bonds. The van der Waals surface area contributed by atoms with Gasteiger partial charge in [-0.3, -0.25) is 13.9 Å². The maximum absolute atomic E-state index is 14.1. The Labute approximate surface area is 250 Å². The summed E-state index contributed by atoms with van der Waals surface area (Å²) in [6, 6.07) is 21.3. The third-order valence-corrected chi connectivity index (χ3v) is 8.60. The lowest BCUT2D eigenvalue weighted by Gasteiger charge is -2.34. The zero-order valence-electron chi connectivity index (χ0n) is 23.4. The Balaban J connectivity index is 2.06. The lowest BCUT2D eigenvalue weighted by molar-refractivity contribution is -0.141. The molecule has 214 valence electrons. The SMILES string of the molecule is CCC(C(=O)NC(C)(C)C)N(Cc1cccc(OC)c1)C(=O)CN(c1ccc(I)cc1)S(=O)(=O)c1ccccc1. The van der Waals surface area contributed by atoms with E-state index in [4.69, 9.17) is 4.74 Å². The highest BCUT2D eigenvalue weighted by Crippen LogP contribution is 2.26. The Morgan fingerprint density at radius 2 is 1.62 bits per heavy atom. The minimum Gasteiger partial charge on any atom is -0.497 e. The first-order chi connectivity index (χ1) is 18.9. The fourth-order valence-electron chi connectivity index (χ4n) is 4.20. The van der Waals surface area contributed by atoms with Gasteiger partial charge < -0.3 is 15.0 Å². The van der Waals surface area contributed by atoms with Gasteiger partial charge in [0.05, 0.1) is 17.7 Å². The number of carbonyl (C=O) groups excluding carboxylic acids is 2. The number of anilines is 1. The van der Waals surface area contributed by atoms with Gasteiger partial charge in [-0.25, -0.2) is 8.42 Å². The Morgan fingerprint density at radius 3 is 2.20 bits per heavy atom. The number of carbonyl (C=O) groups is 2. The van der Waals surface area contributed by atoms with Crippen molar-refractivity contribution < 1.29 is 22.7 Å². The fourth-order valence-corrected chi connectivity index (χ4v) is 5.99. The van der Waals surface area contributed by atoms with Gasteiger partial charge in [-0.15, -0.1) is 0 Å². The van der Waals surface area contributed by atoms with E-state index in [0.29, 0.717) is 17.9 Å². The van der Waals surface area contributed by atoms with Gasteiger partial charge in [-0.1, -0.05) is 37.3 Å². The van der Waals surface area contributed by atoms with Crippen LogP contribution in [0.4, 0.5) is 5.69 Å². The van der Waals surface area contributed by atoms with E-state index in [9.17, 15) is 18.0 Å². The first kappa shape index (κ1) is 31.4. The van der Waals surface area contributed by atoms with Gasteiger partial charge in [-0.05, 0) is 104 Å². The number of nitrogens with zero attached hydrogens (tertiary/aromatic N) is 2. The number of halogens is 1. The molecular formula is C30H36IN3O5S. The van der Waals surface area contributed by atoms with Crippen molar-refractivity contribution in [2.24, 2.45) is 0 Å². The largest absolute Gasteiger partial charge is 0.497 e. The molecule has 0 saturated heterocycles. The summed E-state index contributed by atoms with van der Waals surface area (Å²) >= 11 is 2.14. The normalized spacial score (nSPS) is 12.3. The zero-order chi connectivity index (χ0) is 29.5. The third-order valence-electron chi connectivity index (χ3n) is 6.10. The minimum atomic E-state index is -4.10. The maximum Gasteiger partial charge on any atom is 0.264 e. The number of hydrogen-bond acceptors (Lipinski definition) is 5. The Morgan fingerprint density at radius 1 is 0.975 bits per heavy atom. The number of amides is 2. The average Bonchev–Trinajstić information content (AvgIpc) is 2.91. The molecule has 0 aromatic heterocycles. The van der Waals surface area contributed by atoms with E-state index in [1.807, 2.05) is 39.8 Å². The van der Waals surface area contributed by atoms with E-state index in [1.165, 1.54) is 17.0 Å². The van der Waals surface area contributed by atoms with E-state index in [-0.39, 0.29) is 17.3 Å². The van der Waals surface area contributed by atoms with Crippen LogP contribution in [0, 0.1) is 3.57 Å². The van der Waals surface area contributed by atoms with Crippen molar-refractivity contribution >= 4 is 50.1 Å². The van der Waals surface area contributed by atoms with Crippen molar-refractivity contribution in [1.29, 1.82) is 0 Å². The Bertz CT molecular complexity index is 1410. The van der Waals surface area contributed by atoms with Crippen LogP contribution in [0.15, 0.2) is 83.8 Å². The highest BCUT2D eigenvalue weighted by molar-refractivity contribution is 14.1. The van der Waals surface area contributed by atoms with E-state index < -0.39 is 34.1 Å². The van der Waals surface area contributed by atoms with E-state index in [0.717, 1.165) is 13.4 Å². The van der Waals surface area contributed by atoms with Crippen LogP contribution in [0.25, 0.3) is 0 Å². The van der Waals surface area contributed by atoms with Crippen LogP contribution < -0.4 is 14.4 Å². The van der Waals surface area contributed by atoms with Crippen LogP contribution in [-0.4, -0.2) is 50.4 Å². The van der Waals surface area contributed by atoms with Crippen LogP contribution in [0.5, 0.6) is 5.75 Å². The molecule has 1 unspecified atom stereocenters. The van der Waals surface area contributed by atoms with Gasteiger partial charge in [0.1, 0.15) is 18.3 Å². The van der Waals surface area contributed by atoms with Gasteiger partial charge in [0.25, 0.3) is 10.0 Å². The molecule has 40 heavy (non-hydrogen) atoms. The number of benzene rings is 3. The monoisotopic (exact) mass is 677 g/mol. The second-order valence-electron chi connectivity index (χ2n) is 10.3. The number of hydrogen-bond donors (Lipinski definition) is 1. The van der Waals surface area contributed by atoms with E-state index in [2.05, 4.69) is 27.9 Å². The molecule has 1 N–H and O–H groups in total. The molecule has 0 heterocycles. The molecule has 0 saturated carbocycles. The molecule has 0 radical (unpaired) electrons. The fraction of sp³-hybridized carbons (Fsp3) is 0.333. The average molecular weight is 678 g/mol. The molecule has 3 rings (SSSR count). The van der Waals surface area contributed by atoms with Gasteiger partial charge in [-0.2, -0.15) is 0 Å². The van der Waals surface area contributed by atoms with Crippen LogP contribution >= 0.6 is 22.6 Å². The van der Waals surface area contributed by atoms with Gasteiger partial charge in [0.2, 0.25) is 11.8 Å². The van der Waals surface area contributed by atoms with Gasteiger partial charge >= 0.3 is 0 Å². The highest BCUT2D eigenvalue weighted by Gasteiger charge is 2.34. The molecule has 0 fully saturated rings. The second-order valence-corrected chi connectivity index (χ2v) is 13.4. The van der Waals surface area contributed by atoms with Gasteiger partial charge in [0.15, 0.2) is 0 Å². The van der Waals surface area contributed by atoms with Crippen molar-refractivity contribution in [3.05, 3.63) is 88.0 Å². The van der Waals surface area contributed by atoms with E-state index >= 15 is 0 Å². The summed E-state index contributed by atoms with van der Waals surface area (Å²) in [5.74, 6) is -0.195. The van der Waals surface area contributed by atoms with Crippen LogP contribution in [0.1, 0.15) is 39.7 Å². The Kier molecular flexibility index (Phi) is 10.6. The van der Waals surface area contributed by atoms with Gasteiger partial charge in [0, 0.05) is 15.7 Å². The molecule has 10 heteroatoms. The van der Waals surface area contributed by atoms with Crippen molar-refractivity contribution in [3.8, 4) is 5.75 Å². The Hall–Kier alpha value is -3.12. The molecule has 0 aliphatic heterocycles. The first-order valence-electron chi connectivity index (χ1n) is 12.9. The standard InChI is InChI=1S/C30H36IN3O5S/c1-6-27(29(36)32-30(2,3)4)33(20-22-11-10-12-25(19-22)39-5)28(35)21-34(24-17-15-23(31)16-18-24)40(37,38)26-13-8-7-9-14-26/h7-19,27H,6,20-21H2,1-5H3,(H,32,36). The number of methoxy groups -OCH3 is 1. The maximum atomic E-state index is 14.1. The summed E-state index contributed by atoms with van der Waals surface area (Å²) in [6.45, 7) is 7.06. The van der Waals surface area contributed by atoms with E-state index in [1.54, 1.807) is 61.7 Å². The summed E-state index contributed by atoms with van der Waals surface area (Å²) in [4.78, 5) is 29.0. The first-order valence-corrected chi connectivity index (χ1v) is 15.5. The number of rotatable bonds is 11. The molecular weight excluding hydrogens is 641 g/mol. The smallest absolute Gasteiger partial charge is 0.264 e. The molecule has 3 aromatic rings. The van der Waals surface area contributed by atoms with Crippen molar-refractivity contribution in [2.45, 2.75) is 57.1 Å². The molecule has 0 aliphatic rings. The summed E-state index contributed by atoms with van der Waals surface area (Å²) in [7, 11) is -2.54. The minimum absolute atomic E-state index is 0.0678. The number of ether oxygens (including phenoxy) is 1. The van der Waals surface area contributed by atoms with Crippen molar-refractivity contribution in [2.75, 3.05) is 18.0 Å². The summed E-state index contributed by atoms with van der Waals surface area (Å²) in [6.07, 6.45) is 0.340. The number of sulfonamides is 1. The quantitative estimate of drug-likeness (QED) is 0.281. The number of nitrogens with one attached hydrogen (secondary N) is 1. The van der Waals surface area contributed by atoms with Crippen molar-refractivity contribution in [1.82, 2.24) is 10.2 Å². The third kappa shape index (κ3) is 8.20. The lowest BCUT2D eigenvalue weighted by atomic mass is 10.1. The molecule has 1 atom stereocenters. The van der Waals surface area contributed by atoms with Crippen LogP contribution in [0.2, 0.25) is 0 Å². The highest BCUT2D eigenvalue weighted by atomic mass is 127. The predicted octanol–water partition coefficient (Wildman–Crippen LogP) is 5.22. The van der Waals surface area contributed by atoms with Crippen LogP contribution in [-0.2, 0) is 26.2 Å². The van der Waals surface area contributed by atoms with Crippen LogP contribution in [0.3, 0.4) is 0 Å². The second kappa shape index (κ2) is 13.5. The molecule has 3 aromatic carbocycles. The summed E-state index contributed by atoms with van der Waals surface area (Å²) in [5.41, 5.74) is 0.589. The van der Waals surface area contributed by atoms with Crippen molar-refractivity contribution in [3.63, 3.8) is 0 Å².